The minimum atomic E-state index is -4.96. The Balaban J connectivity index is 1.65. The number of hydrogen-bond donors (Lipinski definition) is 2. The van der Waals surface area contributed by atoms with Crippen LogP contribution in [0.2, 0.25) is 0 Å². The second-order valence-corrected chi connectivity index (χ2v) is 10.5. The van der Waals surface area contributed by atoms with E-state index < -0.39 is 58.9 Å². The molecule has 1 amide bonds. The number of alkyl halides is 6. The lowest BCUT2D eigenvalue weighted by Gasteiger charge is -2.39. The Kier molecular flexibility index (Phi) is 6.86. The van der Waals surface area contributed by atoms with Crippen LogP contribution in [0.5, 0.6) is 0 Å². The number of benzene rings is 2. The molecule has 37 heavy (non-hydrogen) atoms. The van der Waals surface area contributed by atoms with Gasteiger partial charge in [0.1, 0.15) is 5.82 Å². The van der Waals surface area contributed by atoms with Crippen molar-refractivity contribution in [3.05, 3.63) is 70.5 Å². The van der Waals surface area contributed by atoms with Crippen molar-refractivity contribution in [2.24, 2.45) is 11.1 Å². The topological polar surface area (TPSA) is 64.4 Å². The number of amides is 1. The molecular weight excluding hydrogens is 505 g/mol. The van der Waals surface area contributed by atoms with Gasteiger partial charge in [0, 0.05) is 12.0 Å². The summed E-state index contributed by atoms with van der Waals surface area (Å²) >= 11 is 0. The van der Waals surface area contributed by atoms with Gasteiger partial charge in [-0.2, -0.15) is 26.3 Å². The van der Waals surface area contributed by atoms with Gasteiger partial charge >= 0.3 is 12.4 Å². The number of carbonyl (C=O) groups is 1. The van der Waals surface area contributed by atoms with Gasteiger partial charge < -0.3 is 15.8 Å². The number of nitrogens with two attached hydrogens (primary N) is 1. The van der Waals surface area contributed by atoms with E-state index in [1.807, 2.05) is 6.92 Å². The summed E-state index contributed by atoms with van der Waals surface area (Å²) in [6, 6.07) is 6.70. The molecule has 5 atom stereocenters. The highest BCUT2D eigenvalue weighted by Crippen LogP contribution is 2.55. The lowest BCUT2D eigenvalue weighted by Crippen LogP contribution is -2.44. The van der Waals surface area contributed by atoms with Crippen molar-refractivity contribution in [3.63, 3.8) is 0 Å². The van der Waals surface area contributed by atoms with Crippen molar-refractivity contribution in [2.75, 3.05) is 0 Å². The van der Waals surface area contributed by atoms with Crippen molar-refractivity contribution in [1.29, 1.82) is 0 Å². The Morgan fingerprint density at radius 3 is 2.05 bits per heavy atom. The first-order valence-electron chi connectivity index (χ1n) is 11.8. The van der Waals surface area contributed by atoms with Gasteiger partial charge in [-0.15, -0.1) is 0 Å². The van der Waals surface area contributed by atoms with Crippen LogP contribution in [0.25, 0.3) is 0 Å². The van der Waals surface area contributed by atoms with E-state index in [2.05, 4.69) is 5.32 Å². The van der Waals surface area contributed by atoms with E-state index in [9.17, 15) is 35.5 Å². The molecule has 4 nitrogen and oxygen atoms in total. The number of rotatable bonds is 5. The second-order valence-electron chi connectivity index (χ2n) is 10.5. The van der Waals surface area contributed by atoms with Gasteiger partial charge in [-0.3, -0.25) is 4.79 Å². The van der Waals surface area contributed by atoms with Crippen LogP contribution in [0.4, 0.5) is 30.7 Å². The van der Waals surface area contributed by atoms with E-state index in [1.165, 1.54) is 12.1 Å². The maximum absolute atomic E-state index is 13.7. The second kappa shape index (κ2) is 9.27. The molecule has 0 aromatic heterocycles. The van der Waals surface area contributed by atoms with E-state index in [1.54, 1.807) is 19.1 Å². The van der Waals surface area contributed by atoms with Gasteiger partial charge in [0.25, 0.3) is 0 Å². The molecular formula is C26H27F7N2O2. The summed E-state index contributed by atoms with van der Waals surface area (Å²) in [4.78, 5) is 12.4. The van der Waals surface area contributed by atoms with Gasteiger partial charge in [0.15, 0.2) is 0 Å². The number of halogens is 7. The van der Waals surface area contributed by atoms with E-state index in [0.717, 1.165) is 0 Å². The van der Waals surface area contributed by atoms with Crippen LogP contribution in [0.15, 0.2) is 42.5 Å². The molecule has 1 heterocycles. The molecule has 1 saturated heterocycles. The Morgan fingerprint density at radius 2 is 1.57 bits per heavy atom. The van der Waals surface area contributed by atoms with Crippen LogP contribution in [0.1, 0.15) is 61.3 Å². The molecule has 3 N–H and O–H groups in total. The summed E-state index contributed by atoms with van der Waals surface area (Å²) in [6.07, 6.45) is -9.24. The maximum atomic E-state index is 13.7. The highest BCUT2D eigenvalue weighted by atomic mass is 19.4. The molecule has 4 rings (SSSR count). The van der Waals surface area contributed by atoms with Crippen molar-refractivity contribution in [3.8, 4) is 0 Å². The number of nitrogens with one attached hydrogen (secondary N) is 1. The van der Waals surface area contributed by atoms with Gasteiger partial charge in [-0.1, -0.05) is 19.1 Å². The SMILES string of the molecule is C[C@@]1(C2C[C@@](C)(N)C(=O)N2)CC[C@H](OCc2cc(C(F)(F)F)cc(C(F)(F)F)c2)[C@H]1c1ccc(F)cc1. The Bertz CT molecular complexity index is 1130. The van der Waals surface area contributed by atoms with E-state index in [-0.39, 0.29) is 23.6 Å². The normalized spacial score (nSPS) is 30.5. The van der Waals surface area contributed by atoms with E-state index in [0.29, 0.717) is 37.0 Å². The van der Waals surface area contributed by atoms with E-state index in [4.69, 9.17) is 10.5 Å². The zero-order valence-electron chi connectivity index (χ0n) is 20.1. The van der Waals surface area contributed by atoms with Gasteiger partial charge in [-0.25, -0.2) is 4.39 Å². The monoisotopic (exact) mass is 532 g/mol. The molecule has 11 heteroatoms. The lowest BCUT2D eigenvalue weighted by molar-refractivity contribution is -0.143. The first kappa shape index (κ1) is 27.4. The van der Waals surface area contributed by atoms with Crippen molar-refractivity contribution >= 4 is 5.91 Å². The lowest BCUT2D eigenvalue weighted by atomic mass is 9.69. The molecule has 1 aliphatic carbocycles. The predicted octanol–water partition coefficient (Wildman–Crippen LogP) is 5.94. The molecule has 2 fully saturated rings. The number of ether oxygens (including phenoxy) is 1. The number of carbonyl (C=O) groups excluding carboxylic acids is 1. The largest absolute Gasteiger partial charge is 0.416 e. The Morgan fingerprint density at radius 1 is 1.00 bits per heavy atom. The van der Waals surface area contributed by atoms with Crippen LogP contribution >= 0.6 is 0 Å². The van der Waals surface area contributed by atoms with Crippen molar-refractivity contribution < 1.29 is 40.3 Å². The molecule has 0 spiro atoms. The zero-order valence-corrected chi connectivity index (χ0v) is 20.1. The Hall–Kier alpha value is -2.66. The average Bonchev–Trinajstić information content (AvgIpc) is 3.28. The minimum absolute atomic E-state index is 0.0735. The summed E-state index contributed by atoms with van der Waals surface area (Å²) in [5, 5.41) is 2.94. The maximum Gasteiger partial charge on any atom is 0.416 e. The first-order chi connectivity index (χ1) is 17.0. The van der Waals surface area contributed by atoms with Crippen molar-refractivity contribution in [1.82, 2.24) is 5.32 Å². The van der Waals surface area contributed by atoms with Crippen LogP contribution in [-0.4, -0.2) is 23.6 Å². The first-order valence-corrected chi connectivity index (χ1v) is 11.8. The van der Waals surface area contributed by atoms with Gasteiger partial charge in [0.2, 0.25) is 5.91 Å². The van der Waals surface area contributed by atoms with Gasteiger partial charge in [-0.05, 0) is 73.1 Å². The Labute approximate surface area is 209 Å². The number of hydrogen-bond acceptors (Lipinski definition) is 3. The molecule has 2 aromatic rings. The summed E-state index contributed by atoms with van der Waals surface area (Å²) in [7, 11) is 0. The predicted molar refractivity (Wildman–Crippen MR) is 121 cm³/mol. The van der Waals surface area contributed by atoms with E-state index >= 15 is 0 Å². The third-order valence-corrected chi connectivity index (χ3v) is 7.64. The zero-order chi connectivity index (χ0) is 27.4. The minimum Gasteiger partial charge on any atom is -0.373 e. The molecule has 202 valence electrons. The summed E-state index contributed by atoms with van der Waals surface area (Å²) in [6.45, 7) is 3.06. The molecule has 1 saturated carbocycles. The average molecular weight is 533 g/mol. The summed E-state index contributed by atoms with van der Waals surface area (Å²) in [5.41, 5.74) is 2.02. The highest BCUT2D eigenvalue weighted by Gasteiger charge is 2.56. The molecule has 0 radical (unpaired) electrons. The third-order valence-electron chi connectivity index (χ3n) is 7.64. The fraction of sp³-hybridized carbons (Fsp3) is 0.500. The van der Waals surface area contributed by atoms with Crippen LogP contribution in [-0.2, 0) is 28.5 Å². The molecule has 1 aliphatic heterocycles. The summed E-state index contributed by atoms with van der Waals surface area (Å²) in [5.74, 6) is -1.21. The van der Waals surface area contributed by atoms with Crippen LogP contribution < -0.4 is 11.1 Å². The third kappa shape index (κ3) is 5.47. The molecule has 0 bridgehead atoms. The standard InChI is InChI=1S/C26H27F7N2O2/c1-23(20-12-24(2,34)22(36)35-20)8-7-19(21(23)15-3-5-18(27)6-4-15)37-13-14-9-16(25(28,29)30)11-17(10-14)26(31,32)33/h3-6,9-11,19-21H,7-8,12-13,34H2,1-2H3,(H,35,36)/t19-,20?,21+,23-,24+/m0/s1. The quantitative estimate of drug-likeness (QED) is 0.469. The molecule has 2 aromatic carbocycles. The smallest absolute Gasteiger partial charge is 0.373 e. The van der Waals surface area contributed by atoms with Gasteiger partial charge in [0.05, 0.1) is 29.4 Å². The molecule has 1 unspecified atom stereocenters. The summed E-state index contributed by atoms with van der Waals surface area (Å²) < 4.78 is 99.3. The van der Waals surface area contributed by atoms with Crippen LogP contribution in [0, 0.1) is 11.2 Å². The fourth-order valence-corrected chi connectivity index (χ4v) is 5.63. The molecule has 2 aliphatic rings. The highest BCUT2D eigenvalue weighted by molar-refractivity contribution is 5.88. The van der Waals surface area contributed by atoms with Crippen molar-refractivity contribution in [2.45, 2.75) is 75.7 Å². The fourth-order valence-electron chi connectivity index (χ4n) is 5.63. The van der Waals surface area contributed by atoms with Crippen LogP contribution in [0.3, 0.4) is 0 Å².